The number of halogens is 2. The van der Waals surface area contributed by atoms with Gasteiger partial charge in [-0.3, -0.25) is 14.6 Å². The van der Waals surface area contributed by atoms with Gasteiger partial charge in [-0.1, -0.05) is 29.3 Å². The van der Waals surface area contributed by atoms with Crippen molar-refractivity contribution in [2.45, 2.75) is 25.2 Å². The van der Waals surface area contributed by atoms with E-state index in [2.05, 4.69) is 9.98 Å². The third-order valence-corrected chi connectivity index (χ3v) is 6.48. The van der Waals surface area contributed by atoms with Gasteiger partial charge in [0.2, 0.25) is 0 Å². The van der Waals surface area contributed by atoms with Gasteiger partial charge in [0.1, 0.15) is 11.7 Å². The summed E-state index contributed by atoms with van der Waals surface area (Å²) in [5.41, 5.74) is 0.950. The number of allylic oxidation sites excluding steroid dienone is 1. The van der Waals surface area contributed by atoms with Crippen LogP contribution in [0.1, 0.15) is 30.1 Å². The van der Waals surface area contributed by atoms with Crippen molar-refractivity contribution in [2.75, 3.05) is 21.3 Å². The number of methoxy groups -OCH3 is 3. The molecule has 0 bridgehead atoms. The van der Waals surface area contributed by atoms with Crippen LogP contribution >= 0.6 is 23.2 Å². The monoisotopic (exact) mass is 521 g/mol. The van der Waals surface area contributed by atoms with Crippen molar-refractivity contribution in [1.82, 2.24) is 9.55 Å². The van der Waals surface area contributed by atoms with Crippen molar-refractivity contribution in [3.05, 3.63) is 63.3 Å². The molecule has 0 radical (unpaired) electrons. The Bertz CT molecular complexity index is 1180. The molecule has 1 aromatic carbocycles. The van der Waals surface area contributed by atoms with E-state index in [1.54, 1.807) is 30.6 Å². The fourth-order valence-corrected chi connectivity index (χ4v) is 4.77. The first kappa shape index (κ1) is 26.4. The van der Waals surface area contributed by atoms with Gasteiger partial charge in [-0.05, 0) is 24.1 Å². The lowest BCUT2D eigenvalue weighted by atomic mass is 9.74. The molecule has 0 amide bonds. The third kappa shape index (κ3) is 5.57. The van der Waals surface area contributed by atoms with Crippen molar-refractivity contribution < 1.29 is 28.6 Å². The van der Waals surface area contributed by atoms with Crippen LogP contribution in [0, 0.1) is 5.92 Å². The first-order valence-corrected chi connectivity index (χ1v) is 11.4. The Morgan fingerprint density at radius 3 is 2.26 bits per heavy atom. The van der Waals surface area contributed by atoms with Crippen LogP contribution < -0.4 is 0 Å². The standard InChI is InChI=1S/C24H25Cl2N3O6/c1-29-11-10-27-17(29)9-8-15-20(23(31)34-3)22(19-13(25)6-5-7-14(19)26)21(24(32)35-4)16(28-15)12-18(30)33-2/h5-7,10-11,21-22H,8-9,12H2,1-4H3. The average Bonchev–Trinajstić information content (AvgIpc) is 3.25. The zero-order valence-electron chi connectivity index (χ0n) is 19.7. The SMILES string of the molecule is COC(=O)CC1=NC(CCc2nccn2C)=C(C(=O)OC)C(c2c(Cl)cccc2Cl)C1C(=O)OC. The van der Waals surface area contributed by atoms with E-state index in [-0.39, 0.29) is 34.2 Å². The molecule has 0 aliphatic carbocycles. The van der Waals surface area contributed by atoms with Crippen molar-refractivity contribution in [3.8, 4) is 0 Å². The highest BCUT2D eigenvalue weighted by Crippen LogP contribution is 2.46. The summed E-state index contributed by atoms with van der Waals surface area (Å²) in [5, 5.41) is 0.473. The molecule has 2 atom stereocenters. The summed E-state index contributed by atoms with van der Waals surface area (Å²) in [6.45, 7) is 0. The van der Waals surface area contributed by atoms with Gasteiger partial charge >= 0.3 is 17.9 Å². The minimum Gasteiger partial charge on any atom is -0.469 e. The number of carbonyl (C=O) groups excluding carboxylic acids is 3. The molecule has 11 heteroatoms. The normalized spacial score (nSPS) is 17.6. The molecular formula is C24H25Cl2N3O6. The first-order chi connectivity index (χ1) is 16.7. The fourth-order valence-electron chi connectivity index (χ4n) is 4.14. The molecule has 186 valence electrons. The van der Waals surface area contributed by atoms with Crippen LogP contribution in [-0.4, -0.2) is 54.5 Å². The van der Waals surface area contributed by atoms with Crippen molar-refractivity contribution in [2.24, 2.45) is 18.0 Å². The van der Waals surface area contributed by atoms with E-state index >= 15 is 0 Å². The number of aliphatic imine (C=N–C) groups is 1. The predicted octanol–water partition coefficient (Wildman–Crippen LogP) is 3.68. The molecule has 1 aliphatic rings. The molecule has 3 rings (SSSR count). The van der Waals surface area contributed by atoms with Gasteiger partial charge < -0.3 is 18.8 Å². The molecule has 2 aromatic rings. The van der Waals surface area contributed by atoms with E-state index in [1.165, 1.54) is 21.3 Å². The second-order valence-corrected chi connectivity index (χ2v) is 8.59. The van der Waals surface area contributed by atoms with Crippen LogP contribution in [0.5, 0.6) is 0 Å². The minimum absolute atomic E-state index is 0.112. The van der Waals surface area contributed by atoms with E-state index in [0.29, 0.717) is 17.7 Å². The molecule has 35 heavy (non-hydrogen) atoms. The molecule has 0 saturated heterocycles. The second-order valence-electron chi connectivity index (χ2n) is 7.78. The number of hydrogen-bond acceptors (Lipinski definition) is 8. The Hall–Kier alpha value is -3.17. The molecular weight excluding hydrogens is 497 g/mol. The number of imidazole rings is 1. The predicted molar refractivity (Wildman–Crippen MR) is 129 cm³/mol. The number of esters is 3. The minimum atomic E-state index is -1.16. The van der Waals surface area contributed by atoms with Gasteiger partial charge in [0, 0.05) is 47.5 Å². The number of ether oxygens (including phenoxy) is 3. The van der Waals surface area contributed by atoms with Crippen molar-refractivity contribution in [3.63, 3.8) is 0 Å². The number of carbonyl (C=O) groups is 3. The number of hydrogen-bond donors (Lipinski definition) is 0. The first-order valence-electron chi connectivity index (χ1n) is 10.7. The Morgan fingerprint density at radius 1 is 1.03 bits per heavy atom. The molecule has 9 nitrogen and oxygen atoms in total. The van der Waals surface area contributed by atoms with Gasteiger partial charge in [0.15, 0.2) is 0 Å². The lowest BCUT2D eigenvalue weighted by molar-refractivity contribution is -0.143. The van der Waals surface area contributed by atoms with Crippen LogP contribution in [0.25, 0.3) is 0 Å². The quantitative estimate of drug-likeness (QED) is 0.384. The smallest absolute Gasteiger partial charge is 0.336 e. The van der Waals surface area contributed by atoms with Crippen LogP contribution in [0.3, 0.4) is 0 Å². The third-order valence-electron chi connectivity index (χ3n) is 5.82. The van der Waals surface area contributed by atoms with Crippen molar-refractivity contribution >= 4 is 46.8 Å². The van der Waals surface area contributed by atoms with Gasteiger partial charge in [-0.2, -0.15) is 0 Å². The summed E-state index contributed by atoms with van der Waals surface area (Å²) in [4.78, 5) is 47.4. The Balaban J connectivity index is 2.28. The molecule has 2 heterocycles. The zero-order chi connectivity index (χ0) is 25.7. The molecule has 0 saturated carbocycles. The number of rotatable bonds is 8. The van der Waals surface area contributed by atoms with Crippen LogP contribution in [0.2, 0.25) is 10.0 Å². The van der Waals surface area contributed by atoms with Crippen LogP contribution in [0.4, 0.5) is 0 Å². The fraction of sp³-hybridized carbons (Fsp3) is 0.375. The largest absolute Gasteiger partial charge is 0.469 e. The van der Waals surface area contributed by atoms with E-state index in [9.17, 15) is 14.4 Å². The Kier molecular flexibility index (Phi) is 8.69. The maximum Gasteiger partial charge on any atom is 0.336 e. The summed E-state index contributed by atoms with van der Waals surface area (Å²) in [6, 6.07) is 4.85. The lowest BCUT2D eigenvalue weighted by Crippen LogP contribution is -2.38. The Morgan fingerprint density at radius 2 is 1.71 bits per heavy atom. The highest BCUT2D eigenvalue weighted by Gasteiger charge is 2.46. The van der Waals surface area contributed by atoms with Gasteiger partial charge in [0.05, 0.1) is 39.0 Å². The number of nitrogens with zero attached hydrogens (tertiary/aromatic N) is 3. The summed E-state index contributed by atoms with van der Waals surface area (Å²) >= 11 is 13.1. The van der Waals surface area contributed by atoms with Crippen LogP contribution in [-0.2, 0) is 42.1 Å². The molecule has 0 spiro atoms. The highest BCUT2D eigenvalue weighted by molar-refractivity contribution is 6.36. The molecule has 0 fully saturated rings. The van der Waals surface area contributed by atoms with Crippen LogP contribution in [0.15, 0.2) is 46.9 Å². The van der Waals surface area contributed by atoms with E-state index < -0.39 is 29.7 Å². The maximum atomic E-state index is 13.2. The Labute approximate surface area is 212 Å². The summed E-state index contributed by atoms with van der Waals surface area (Å²) < 4.78 is 16.8. The topological polar surface area (TPSA) is 109 Å². The summed E-state index contributed by atoms with van der Waals surface area (Å²) in [7, 11) is 5.53. The molecule has 1 aliphatic heterocycles. The number of aromatic nitrogens is 2. The summed E-state index contributed by atoms with van der Waals surface area (Å²) in [5.74, 6) is -3.43. The highest BCUT2D eigenvalue weighted by atomic mass is 35.5. The summed E-state index contributed by atoms with van der Waals surface area (Å²) in [6.07, 6.45) is 3.87. The number of benzene rings is 1. The van der Waals surface area contributed by atoms with Gasteiger partial charge in [-0.15, -0.1) is 0 Å². The van der Waals surface area contributed by atoms with E-state index in [1.807, 2.05) is 11.6 Å². The second kappa shape index (κ2) is 11.5. The lowest BCUT2D eigenvalue weighted by Gasteiger charge is -2.33. The molecule has 1 aromatic heterocycles. The van der Waals surface area contributed by atoms with E-state index in [0.717, 1.165) is 5.82 Å². The average molecular weight is 522 g/mol. The van der Waals surface area contributed by atoms with Gasteiger partial charge in [-0.25, -0.2) is 9.78 Å². The molecule has 0 N–H and O–H groups in total. The maximum absolute atomic E-state index is 13.2. The molecule has 2 unspecified atom stereocenters. The van der Waals surface area contributed by atoms with Gasteiger partial charge in [0.25, 0.3) is 0 Å². The number of aryl methyl sites for hydroxylation is 2. The zero-order valence-corrected chi connectivity index (χ0v) is 21.2. The van der Waals surface area contributed by atoms with E-state index in [4.69, 9.17) is 37.4 Å². The van der Waals surface area contributed by atoms with Crippen molar-refractivity contribution in [1.29, 1.82) is 0 Å².